The molecule has 1 amide bonds. The van der Waals surface area contributed by atoms with Gasteiger partial charge in [0.2, 0.25) is 5.78 Å². The summed E-state index contributed by atoms with van der Waals surface area (Å²) in [5.74, 6) is -1.20. The number of ether oxygens (including phenoxy) is 2. The summed E-state index contributed by atoms with van der Waals surface area (Å²) in [7, 11) is 1.54. The minimum Gasteiger partial charge on any atom is -0.503 e. The Morgan fingerprint density at radius 1 is 1.00 bits per heavy atom. The number of carbonyl (C=O) groups excluding carboxylic acids is 3. The third-order valence-corrected chi connectivity index (χ3v) is 5.87. The number of esters is 1. The number of ketones is 1. The summed E-state index contributed by atoms with van der Waals surface area (Å²) in [5.41, 5.74) is 1.06. The van der Waals surface area contributed by atoms with Crippen LogP contribution in [0.5, 0.6) is 11.5 Å². The first kappa shape index (κ1) is 21.3. The van der Waals surface area contributed by atoms with Gasteiger partial charge in [-0.15, -0.1) is 11.3 Å². The Labute approximate surface area is 188 Å². The third kappa shape index (κ3) is 3.88. The molecule has 0 fully saturated rings. The fraction of sp³-hybridized carbons (Fsp3) is 0.125. The van der Waals surface area contributed by atoms with Gasteiger partial charge in [0.1, 0.15) is 11.5 Å². The van der Waals surface area contributed by atoms with Crippen LogP contribution in [0.4, 0.5) is 5.69 Å². The highest BCUT2D eigenvalue weighted by atomic mass is 32.1. The smallest absolute Gasteiger partial charge is 0.308 e. The van der Waals surface area contributed by atoms with E-state index in [1.165, 1.54) is 30.3 Å². The number of aliphatic hydroxyl groups is 1. The number of anilines is 1. The molecule has 162 valence electrons. The maximum atomic E-state index is 13.3. The van der Waals surface area contributed by atoms with Crippen LogP contribution < -0.4 is 14.4 Å². The van der Waals surface area contributed by atoms with Gasteiger partial charge in [0, 0.05) is 12.6 Å². The molecule has 0 bridgehead atoms. The highest BCUT2D eigenvalue weighted by Crippen LogP contribution is 2.42. The minimum atomic E-state index is -0.864. The number of methoxy groups -OCH3 is 1. The summed E-state index contributed by atoms with van der Waals surface area (Å²) >= 11 is 1.23. The summed E-state index contributed by atoms with van der Waals surface area (Å²) in [6, 6.07) is 15.7. The molecule has 2 heterocycles. The zero-order valence-corrected chi connectivity index (χ0v) is 18.1. The molecule has 32 heavy (non-hydrogen) atoms. The Morgan fingerprint density at radius 3 is 2.22 bits per heavy atom. The second-order valence-corrected chi connectivity index (χ2v) is 7.95. The molecule has 1 aromatic heterocycles. The average Bonchev–Trinajstić information content (AvgIpc) is 3.41. The maximum absolute atomic E-state index is 13.3. The molecule has 4 rings (SSSR count). The summed E-state index contributed by atoms with van der Waals surface area (Å²) in [6.45, 7) is 1.30. The van der Waals surface area contributed by atoms with E-state index in [0.29, 0.717) is 27.6 Å². The van der Waals surface area contributed by atoms with Crippen molar-refractivity contribution in [2.75, 3.05) is 12.0 Å². The van der Waals surface area contributed by atoms with Gasteiger partial charge >= 0.3 is 5.97 Å². The zero-order valence-electron chi connectivity index (χ0n) is 17.3. The lowest BCUT2D eigenvalue weighted by Gasteiger charge is -2.27. The number of carbonyl (C=O) groups is 3. The normalized spacial score (nSPS) is 15.8. The average molecular weight is 449 g/mol. The number of hydrogen-bond acceptors (Lipinski definition) is 7. The van der Waals surface area contributed by atoms with E-state index in [1.807, 2.05) is 0 Å². The van der Waals surface area contributed by atoms with Crippen LogP contribution in [0.15, 0.2) is 77.4 Å². The number of benzene rings is 2. The van der Waals surface area contributed by atoms with Gasteiger partial charge in [-0.2, -0.15) is 0 Å². The summed E-state index contributed by atoms with van der Waals surface area (Å²) in [4.78, 5) is 39.4. The van der Waals surface area contributed by atoms with Crippen LogP contribution in [0.3, 0.4) is 0 Å². The standard InChI is InChI=1S/C24H19NO6S/c1-14(26)31-18-9-5-15(6-10-18)21-20(22(27)19-4-3-13-32-19)23(28)24(29)25(21)16-7-11-17(30-2)12-8-16/h3-13,21,28H,1-2H3. The van der Waals surface area contributed by atoms with Gasteiger partial charge in [0.25, 0.3) is 5.91 Å². The molecule has 8 heteroatoms. The van der Waals surface area contributed by atoms with Crippen LogP contribution in [-0.2, 0) is 9.59 Å². The van der Waals surface area contributed by atoms with E-state index in [1.54, 1.807) is 66.0 Å². The molecule has 1 atom stereocenters. The van der Waals surface area contributed by atoms with Gasteiger partial charge in [-0.1, -0.05) is 18.2 Å². The Kier molecular flexibility index (Phi) is 5.79. The van der Waals surface area contributed by atoms with Gasteiger partial charge in [-0.05, 0) is 53.4 Å². The van der Waals surface area contributed by atoms with E-state index in [4.69, 9.17) is 9.47 Å². The first-order chi connectivity index (χ1) is 15.4. The number of aliphatic hydroxyl groups excluding tert-OH is 1. The maximum Gasteiger partial charge on any atom is 0.308 e. The predicted octanol–water partition coefficient (Wildman–Crippen LogP) is 4.46. The van der Waals surface area contributed by atoms with Crippen molar-refractivity contribution < 1.29 is 29.0 Å². The lowest BCUT2D eigenvalue weighted by Crippen LogP contribution is -2.31. The van der Waals surface area contributed by atoms with Crippen molar-refractivity contribution in [1.29, 1.82) is 0 Å². The number of nitrogens with zero attached hydrogens (tertiary/aromatic N) is 1. The van der Waals surface area contributed by atoms with Crippen LogP contribution in [-0.4, -0.2) is 29.9 Å². The minimum absolute atomic E-state index is 0.00601. The molecule has 0 saturated carbocycles. The van der Waals surface area contributed by atoms with Gasteiger partial charge < -0.3 is 14.6 Å². The van der Waals surface area contributed by atoms with Crippen molar-refractivity contribution in [2.45, 2.75) is 13.0 Å². The van der Waals surface area contributed by atoms with Crippen molar-refractivity contribution in [3.05, 3.63) is 87.8 Å². The van der Waals surface area contributed by atoms with Gasteiger partial charge in [0.15, 0.2) is 5.76 Å². The molecule has 7 nitrogen and oxygen atoms in total. The van der Waals surface area contributed by atoms with Crippen LogP contribution in [0.2, 0.25) is 0 Å². The van der Waals surface area contributed by atoms with E-state index < -0.39 is 29.5 Å². The number of thiophene rings is 1. The molecule has 0 radical (unpaired) electrons. The number of Topliss-reactive ketones (excluding diaryl/α,β-unsaturated/α-hetero) is 1. The molecule has 1 aliphatic heterocycles. The van der Waals surface area contributed by atoms with Crippen molar-refractivity contribution in [2.24, 2.45) is 0 Å². The second kappa shape index (κ2) is 8.68. The third-order valence-electron chi connectivity index (χ3n) is 5.01. The van der Waals surface area contributed by atoms with Crippen LogP contribution in [0.1, 0.15) is 28.2 Å². The molecular formula is C24H19NO6S. The summed E-state index contributed by atoms with van der Waals surface area (Å²) in [6.07, 6.45) is 0. The topological polar surface area (TPSA) is 93.1 Å². The molecule has 1 unspecified atom stereocenters. The highest BCUT2D eigenvalue weighted by molar-refractivity contribution is 7.12. The molecule has 1 aliphatic rings. The van der Waals surface area contributed by atoms with Crippen molar-refractivity contribution >= 4 is 34.7 Å². The highest BCUT2D eigenvalue weighted by Gasteiger charge is 2.44. The SMILES string of the molecule is COc1ccc(N2C(=O)C(O)=C(C(=O)c3cccs3)C2c2ccc(OC(C)=O)cc2)cc1. The molecular weight excluding hydrogens is 430 g/mol. The Hall–Kier alpha value is -3.91. The van der Waals surface area contributed by atoms with E-state index in [9.17, 15) is 19.5 Å². The second-order valence-electron chi connectivity index (χ2n) is 7.01. The quantitative estimate of drug-likeness (QED) is 0.339. The lowest BCUT2D eigenvalue weighted by atomic mass is 9.95. The Morgan fingerprint density at radius 2 is 1.66 bits per heavy atom. The molecule has 0 spiro atoms. The number of hydrogen-bond donors (Lipinski definition) is 1. The van der Waals surface area contributed by atoms with Crippen LogP contribution >= 0.6 is 11.3 Å². The Balaban J connectivity index is 1.81. The largest absolute Gasteiger partial charge is 0.503 e. The van der Waals surface area contributed by atoms with Gasteiger partial charge in [0.05, 0.1) is 23.6 Å². The number of amides is 1. The Bertz CT molecular complexity index is 1200. The number of rotatable bonds is 6. The first-order valence-corrected chi connectivity index (χ1v) is 10.6. The van der Waals surface area contributed by atoms with Crippen LogP contribution in [0, 0.1) is 0 Å². The van der Waals surface area contributed by atoms with E-state index in [-0.39, 0.29) is 5.57 Å². The van der Waals surface area contributed by atoms with Crippen molar-refractivity contribution in [3.8, 4) is 11.5 Å². The fourth-order valence-corrected chi connectivity index (χ4v) is 4.26. The first-order valence-electron chi connectivity index (χ1n) is 9.68. The molecule has 1 N–H and O–H groups in total. The van der Waals surface area contributed by atoms with Crippen molar-refractivity contribution in [3.63, 3.8) is 0 Å². The molecule has 2 aromatic carbocycles. The summed E-state index contributed by atoms with van der Waals surface area (Å²) in [5, 5.41) is 12.5. The monoisotopic (exact) mass is 449 g/mol. The summed E-state index contributed by atoms with van der Waals surface area (Å²) < 4.78 is 10.3. The van der Waals surface area contributed by atoms with Gasteiger partial charge in [-0.25, -0.2) is 0 Å². The van der Waals surface area contributed by atoms with E-state index in [2.05, 4.69) is 0 Å². The van der Waals surface area contributed by atoms with Crippen molar-refractivity contribution in [1.82, 2.24) is 0 Å². The molecule has 0 saturated heterocycles. The van der Waals surface area contributed by atoms with Crippen LogP contribution in [0.25, 0.3) is 0 Å². The lowest BCUT2D eigenvalue weighted by molar-refractivity contribution is -0.131. The van der Waals surface area contributed by atoms with Gasteiger partial charge in [-0.3, -0.25) is 19.3 Å². The fourth-order valence-electron chi connectivity index (χ4n) is 3.59. The molecule has 3 aromatic rings. The molecule has 0 aliphatic carbocycles. The zero-order chi connectivity index (χ0) is 22.8. The van der Waals surface area contributed by atoms with E-state index in [0.717, 1.165) is 0 Å². The predicted molar refractivity (Wildman–Crippen MR) is 119 cm³/mol. The van der Waals surface area contributed by atoms with E-state index >= 15 is 0 Å².